The molecule has 1 rings (SSSR count). The fourth-order valence-corrected chi connectivity index (χ4v) is 1.40. The second-order valence-corrected chi connectivity index (χ2v) is 3.97. The van der Waals surface area contributed by atoms with Crippen molar-refractivity contribution in [3.8, 4) is 0 Å². The van der Waals surface area contributed by atoms with Gasteiger partial charge in [-0.2, -0.15) is 0 Å². The Balaban J connectivity index is 2.34. The second kappa shape index (κ2) is 6.05. The van der Waals surface area contributed by atoms with E-state index in [4.69, 9.17) is 0 Å². The minimum absolute atomic E-state index is 0.0469. The Morgan fingerprint density at radius 1 is 1.25 bits per heavy atom. The number of rotatable bonds is 5. The summed E-state index contributed by atoms with van der Waals surface area (Å²) in [6.07, 6.45) is 0.598. The zero-order valence-electron chi connectivity index (χ0n) is 9.75. The number of nitrogens with one attached hydrogen (secondary N) is 1. The molecule has 86 valence electrons. The fourth-order valence-electron chi connectivity index (χ4n) is 1.40. The Morgan fingerprint density at radius 2 is 2.00 bits per heavy atom. The molecule has 0 aliphatic heterocycles. The Morgan fingerprint density at radius 3 is 2.62 bits per heavy atom. The summed E-state index contributed by atoms with van der Waals surface area (Å²) in [6.45, 7) is 4.04. The average Bonchev–Trinajstić information content (AvgIpc) is 2.23. The first-order valence-corrected chi connectivity index (χ1v) is 5.39. The molecule has 0 unspecified atom stereocenters. The van der Waals surface area contributed by atoms with Gasteiger partial charge in [-0.25, -0.2) is 0 Å². The van der Waals surface area contributed by atoms with E-state index in [0.29, 0.717) is 13.0 Å². The Kier molecular flexibility index (Phi) is 4.70. The van der Waals surface area contributed by atoms with Gasteiger partial charge in [-0.1, -0.05) is 29.8 Å². The van der Waals surface area contributed by atoms with Crippen molar-refractivity contribution in [1.29, 1.82) is 0 Å². The molecule has 16 heavy (non-hydrogen) atoms. The van der Waals surface area contributed by atoms with Crippen LogP contribution in [0.3, 0.4) is 0 Å². The lowest BCUT2D eigenvalue weighted by Crippen LogP contribution is -2.22. The molecule has 1 amide bonds. The van der Waals surface area contributed by atoms with E-state index in [1.165, 1.54) is 12.5 Å². The van der Waals surface area contributed by atoms with E-state index in [9.17, 15) is 9.59 Å². The van der Waals surface area contributed by atoms with Gasteiger partial charge in [0, 0.05) is 19.4 Å². The lowest BCUT2D eigenvalue weighted by atomic mass is 10.1. The summed E-state index contributed by atoms with van der Waals surface area (Å²) in [6, 6.07) is 7.98. The third-order valence-electron chi connectivity index (χ3n) is 2.28. The van der Waals surface area contributed by atoms with Crippen molar-refractivity contribution in [1.82, 2.24) is 5.32 Å². The molecule has 1 aromatic rings. The summed E-state index contributed by atoms with van der Waals surface area (Å²) in [7, 11) is 0. The summed E-state index contributed by atoms with van der Waals surface area (Å²) < 4.78 is 0. The molecule has 3 heteroatoms. The fraction of sp³-hybridized carbons (Fsp3) is 0.385. The minimum Gasteiger partial charge on any atom is -0.352 e. The monoisotopic (exact) mass is 219 g/mol. The van der Waals surface area contributed by atoms with Crippen molar-refractivity contribution < 1.29 is 9.59 Å². The molecule has 0 radical (unpaired) electrons. The van der Waals surface area contributed by atoms with Gasteiger partial charge in [0.15, 0.2) is 0 Å². The number of carbonyl (C=O) groups excluding carboxylic acids is 2. The van der Waals surface area contributed by atoms with Crippen LogP contribution in [0.4, 0.5) is 0 Å². The Bertz CT molecular complexity index is 385. The number of aryl methyl sites for hydroxylation is 1. The molecular weight excluding hydrogens is 202 g/mol. The molecule has 0 aromatic heterocycles. The van der Waals surface area contributed by atoms with E-state index >= 15 is 0 Å². The lowest BCUT2D eigenvalue weighted by Gasteiger charge is -2.05. The molecule has 0 aliphatic rings. The van der Waals surface area contributed by atoms with Crippen LogP contribution in [0.25, 0.3) is 0 Å². The Hall–Kier alpha value is -1.64. The van der Waals surface area contributed by atoms with Crippen LogP contribution in [0.1, 0.15) is 30.9 Å². The molecule has 3 nitrogen and oxygen atoms in total. The molecule has 0 bridgehead atoms. The highest BCUT2D eigenvalue weighted by atomic mass is 16.2. The average molecular weight is 219 g/mol. The number of carbonyl (C=O) groups is 2. The molecule has 0 saturated carbocycles. The molecule has 0 saturated heterocycles. The summed E-state index contributed by atoms with van der Waals surface area (Å²) in [4.78, 5) is 22.0. The number of ketones is 1. The van der Waals surface area contributed by atoms with Crippen LogP contribution >= 0.6 is 0 Å². The maximum absolute atomic E-state index is 11.3. The predicted molar refractivity (Wildman–Crippen MR) is 62.9 cm³/mol. The molecule has 0 spiro atoms. The highest BCUT2D eigenvalue weighted by molar-refractivity contribution is 5.83. The van der Waals surface area contributed by atoms with E-state index < -0.39 is 0 Å². The van der Waals surface area contributed by atoms with E-state index in [2.05, 4.69) is 5.32 Å². The number of benzene rings is 1. The third-order valence-corrected chi connectivity index (χ3v) is 2.28. The van der Waals surface area contributed by atoms with Crippen LogP contribution in [0.5, 0.6) is 0 Å². The normalized spacial score (nSPS) is 9.88. The van der Waals surface area contributed by atoms with Gasteiger partial charge in [0.05, 0.1) is 0 Å². The number of hydrogen-bond donors (Lipinski definition) is 1. The number of amides is 1. The molecule has 0 aliphatic carbocycles. The summed E-state index contributed by atoms with van der Waals surface area (Å²) in [5.41, 5.74) is 2.26. The van der Waals surface area contributed by atoms with E-state index in [-0.39, 0.29) is 18.1 Å². The smallest absolute Gasteiger partial charge is 0.220 e. The van der Waals surface area contributed by atoms with Crippen molar-refractivity contribution >= 4 is 11.7 Å². The predicted octanol–water partition coefficient (Wildman–Crippen LogP) is 1.98. The standard InChI is InChI=1S/C13H17NO2/c1-10-4-3-5-12(8-10)9-14-13(16)7-6-11(2)15/h3-5,8H,6-7,9H2,1-2H3,(H,14,16). The molecule has 1 aromatic carbocycles. The van der Waals surface area contributed by atoms with Crippen LogP contribution in [0, 0.1) is 6.92 Å². The van der Waals surface area contributed by atoms with Gasteiger partial charge in [-0.3, -0.25) is 4.79 Å². The van der Waals surface area contributed by atoms with Crippen molar-refractivity contribution in [2.45, 2.75) is 33.2 Å². The molecule has 0 fully saturated rings. The van der Waals surface area contributed by atoms with Crippen LogP contribution < -0.4 is 5.32 Å². The first-order chi connectivity index (χ1) is 7.58. The van der Waals surface area contributed by atoms with Crippen molar-refractivity contribution in [2.24, 2.45) is 0 Å². The number of Topliss-reactive ketones (excluding diaryl/α,β-unsaturated/α-hetero) is 1. The largest absolute Gasteiger partial charge is 0.352 e. The first kappa shape index (κ1) is 12.4. The van der Waals surface area contributed by atoms with Gasteiger partial charge < -0.3 is 10.1 Å². The van der Waals surface area contributed by atoms with E-state index in [1.807, 2.05) is 31.2 Å². The van der Waals surface area contributed by atoms with Gasteiger partial charge in [0.25, 0.3) is 0 Å². The summed E-state index contributed by atoms with van der Waals surface area (Å²) in [5.74, 6) is -0.0255. The van der Waals surface area contributed by atoms with Crippen LogP contribution in [-0.4, -0.2) is 11.7 Å². The third kappa shape index (κ3) is 4.73. The quantitative estimate of drug-likeness (QED) is 0.823. The van der Waals surface area contributed by atoms with Crippen molar-refractivity contribution in [3.05, 3.63) is 35.4 Å². The van der Waals surface area contributed by atoms with Crippen molar-refractivity contribution in [2.75, 3.05) is 0 Å². The molecule has 1 N–H and O–H groups in total. The zero-order chi connectivity index (χ0) is 12.0. The summed E-state index contributed by atoms with van der Waals surface area (Å²) >= 11 is 0. The van der Waals surface area contributed by atoms with Gasteiger partial charge in [-0.05, 0) is 19.4 Å². The SMILES string of the molecule is CC(=O)CCC(=O)NCc1cccc(C)c1. The maximum atomic E-state index is 11.3. The molecule has 0 heterocycles. The van der Waals surface area contributed by atoms with Gasteiger partial charge >= 0.3 is 0 Å². The van der Waals surface area contributed by atoms with Crippen LogP contribution in [0.15, 0.2) is 24.3 Å². The van der Waals surface area contributed by atoms with Gasteiger partial charge in [0.1, 0.15) is 5.78 Å². The van der Waals surface area contributed by atoms with E-state index in [0.717, 1.165) is 5.56 Å². The van der Waals surface area contributed by atoms with Gasteiger partial charge in [0.2, 0.25) is 5.91 Å². The lowest BCUT2D eigenvalue weighted by molar-refractivity contribution is -0.124. The number of hydrogen-bond acceptors (Lipinski definition) is 2. The molecule has 0 atom stereocenters. The molecular formula is C13H17NO2. The second-order valence-electron chi connectivity index (χ2n) is 3.97. The first-order valence-electron chi connectivity index (χ1n) is 5.39. The van der Waals surface area contributed by atoms with Gasteiger partial charge in [-0.15, -0.1) is 0 Å². The van der Waals surface area contributed by atoms with Crippen LogP contribution in [0.2, 0.25) is 0 Å². The minimum atomic E-state index is -0.0725. The van der Waals surface area contributed by atoms with Crippen LogP contribution in [-0.2, 0) is 16.1 Å². The highest BCUT2D eigenvalue weighted by Gasteiger charge is 2.03. The zero-order valence-corrected chi connectivity index (χ0v) is 9.75. The highest BCUT2D eigenvalue weighted by Crippen LogP contribution is 2.03. The maximum Gasteiger partial charge on any atom is 0.220 e. The topological polar surface area (TPSA) is 46.2 Å². The van der Waals surface area contributed by atoms with Crippen molar-refractivity contribution in [3.63, 3.8) is 0 Å². The summed E-state index contributed by atoms with van der Waals surface area (Å²) in [5, 5.41) is 2.79. The van der Waals surface area contributed by atoms with E-state index in [1.54, 1.807) is 0 Å². The Labute approximate surface area is 95.9 Å².